The largest absolute Gasteiger partial charge is 1.00 e. The van der Waals surface area contributed by atoms with Gasteiger partial charge in [-0.3, -0.25) is 0 Å². The third-order valence-corrected chi connectivity index (χ3v) is 15.7. The average molecular weight is 757 g/mol. The van der Waals surface area contributed by atoms with Crippen LogP contribution in [0.1, 0.15) is 68.0 Å². The molecule has 0 atom stereocenters. The fraction of sp³-hybridized carbons (Fsp3) is 0.302. The van der Waals surface area contributed by atoms with Crippen LogP contribution >= 0.6 is 0 Å². The van der Waals surface area contributed by atoms with Crippen LogP contribution in [0.5, 0.6) is 0 Å². The molecule has 0 saturated carbocycles. The minimum atomic E-state index is 0. The number of fused-ring (bicyclic) bond motifs is 2. The Hall–Kier alpha value is -2.22. The molecule has 0 unspecified atom stereocenters. The van der Waals surface area contributed by atoms with Gasteiger partial charge in [0.25, 0.3) is 0 Å². The Morgan fingerprint density at radius 1 is 0.532 bits per heavy atom. The van der Waals surface area contributed by atoms with Crippen LogP contribution in [0.15, 0.2) is 97.1 Å². The molecule has 0 fully saturated rings. The molecule has 246 valence electrons. The molecule has 0 N–H and O–H groups in total. The second kappa shape index (κ2) is 19.7. The summed E-state index contributed by atoms with van der Waals surface area (Å²) >= 11 is 1.80. The summed E-state index contributed by atoms with van der Waals surface area (Å²) in [6, 6.07) is 39.3. The number of aryl methyl sites for hydroxylation is 6. The van der Waals surface area contributed by atoms with Crippen molar-refractivity contribution in [1.29, 1.82) is 0 Å². The Balaban J connectivity index is 0.000000270. The van der Waals surface area contributed by atoms with Crippen LogP contribution in [-0.2, 0) is 42.6 Å². The number of benzene rings is 4. The Bertz CT molecular complexity index is 1850. The average Bonchev–Trinajstić information content (AvgIpc) is 3.66. The van der Waals surface area contributed by atoms with Crippen molar-refractivity contribution >= 4 is 27.0 Å². The van der Waals surface area contributed by atoms with E-state index >= 15 is 0 Å². The van der Waals surface area contributed by atoms with Gasteiger partial charge in [-0.25, -0.2) is 0 Å². The fourth-order valence-corrected chi connectivity index (χ4v) is 6.43. The van der Waals surface area contributed by atoms with Crippen LogP contribution in [0.3, 0.4) is 0 Å². The van der Waals surface area contributed by atoms with Gasteiger partial charge in [0.15, 0.2) is 0 Å². The van der Waals surface area contributed by atoms with Crippen LogP contribution in [-0.4, -0.2) is 5.43 Å². The summed E-state index contributed by atoms with van der Waals surface area (Å²) in [5.41, 5.74) is 13.8. The van der Waals surface area contributed by atoms with Gasteiger partial charge in [0.05, 0.1) is 0 Å². The van der Waals surface area contributed by atoms with Crippen molar-refractivity contribution in [3.05, 3.63) is 130 Å². The maximum absolute atomic E-state index is 2.35. The molecule has 47 heavy (non-hydrogen) atoms. The molecule has 0 radical (unpaired) electrons. The van der Waals surface area contributed by atoms with E-state index in [0.717, 1.165) is 19.3 Å². The van der Waals surface area contributed by atoms with Gasteiger partial charge in [0, 0.05) is 0 Å². The van der Waals surface area contributed by atoms with Crippen LogP contribution < -0.4 is 24.8 Å². The molecule has 0 amide bonds. The number of hydrogen-bond donors (Lipinski definition) is 0. The van der Waals surface area contributed by atoms with Gasteiger partial charge in [-0.1, -0.05) is 111 Å². The molecule has 0 heterocycles. The van der Waals surface area contributed by atoms with Crippen LogP contribution in [0.4, 0.5) is 0 Å². The van der Waals surface area contributed by atoms with E-state index in [0.29, 0.717) is 0 Å². The fourth-order valence-electron chi connectivity index (χ4n) is 5.93. The first-order valence-electron chi connectivity index (χ1n) is 16.8. The summed E-state index contributed by atoms with van der Waals surface area (Å²) in [4.78, 5) is 0. The zero-order valence-corrected chi connectivity index (χ0v) is 34.5. The van der Waals surface area contributed by atoms with Gasteiger partial charge in [-0.15, -0.1) is 56.9 Å². The number of hydrogen-bond acceptors (Lipinski definition) is 0. The molecule has 0 bridgehead atoms. The molecule has 0 aliphatic rings. The Kier molecular flexibility index (Phi) is 17.2. The van der Waals surface area contributed by atoms with E-state index in [-0.39, 0.29) is 30.2 Å². The molecular formula is C43H50Cl2SiZr-2. The van der Waals surface area contributed by atoms with Crippen molar-refractivity contribution in [2.45, 2.75) is 86.7 Å². The monoisotopic (exact) mass is 754 g/mol. The number of rotatable bonds is 7. The minimum absolute atomic E-state index is 0. The first kappa shape index (κ1) is 41.0. The van der Waals surface area contributed by atoms with Crippen LogP contribution in [0.25, 0.3) is 43.8 Å². The molecule has 4 heteroatoms. The van der Waals surface area contributed by atoms with Gasteiger partial charge >= 0.3 is 54.7 Å². The second-order valence-corrected chi connectivity index (χ2v) is 20.1. The molecule has 6 rings (SSSR count). The van der Waals surface area contributed by atoms with Gasteiger partial charge < -0.3 is 24.8 Å². The second-order valence-electron chi connectivity index (χ2n) is 12.3. The minimum Gasteiger partial charge on any atom is -1.00 e. The summed E-state index contributed by atoms with van der Waals surface area (Å²) in [6.07, 6.45) is 3.29. The van der Waals surface area contributed by atoms with Gasteiger partial charge in [0.2, 0.25) is 0 Å². The van der Waals surface area contributed by atoms with Crippen molar-refractivity contribution in [2.75, 3.05) is 0 Å². The zero-order chi connectivity index (χ0) is 32.5. The SMILES string of the molecule is CC[Si](=[Zr+2])CC.CCc1ccc(-c2cc(C)cc3[cH-]c(C)cc23)cc1.CCc1ccc(-c2cc(C)cc3[cH-]c(CC)cc23)cc1.[Cl-].[Cl-]. The molecule has 6 aromatic rings. The predicted molar refractivity (Wildman–Crippen MR) is 199 cm³/mol. The molecular weight excluding hydrogens is 707 g/mol. The standard InChI is InChI=1S/C20H21.C19H19.C4H10Si.2ClH.Zr/c1-4-15-6-8-17(9-7-15)19-11-14(3)10-18-12-16(5-2)13-20(18)19;1-4-15-5-7-16(8-6-15)18-11-13(2)9-17-10-14(3)12-19(17)18;1-3-5-4-2;;;/h6-13H,4-5H2,1-3H3;5-12H,4H2,1-3H3;3-4H2,1-2H3;2*1H;/q2*-1;;;;+2/p-2. The van der Waals surface area contributed by atoms with E-state index in [2.05, 4.69) is 152 Å². The number of halogens is 2. The molecule has 6 aromatic carbocycles. The van der Waals surface area contributed by atoms with Gasteiger partial charge in [-0.05, 0) is 55.4 Å². The topological polar surface area (TPSA) is 0 Å². The summed E-state index contributed by atoms with van der Waals surface area (Å²) in [5, 5.41) is 5.48. The Labute approximate surface area is 312 Å². The van der Waals surface area contributed by atoms with Crippen molar-refractivity contribution in [1.82, 2.24) is 0 Å². The first-order chi connectivity index (χ1) is 21.7. The van der Waals surface area contributed by atoms with E-state index in [4.69, 9.17) is 0 Å². The zero-order valence-electron chi connectivity index (χ0n) is 29.5. The third kappa shape index (κ3) is 10.9. The van der Waals surface area contributed by atoms with Gasteiger partial charge in [0.1, 0.15) is 0 Å². The van der Waals surface area contributed by atoms with Crippen molar-refractivity contribution in [3.63, 3.8) is 0 Å². The van der Waals surface area contributed by atoms with E-state index < -0.39 is 0 Å². The van der Waals surface area contributed by atoms with Crippen molar-refractivity contribution < 1.29 is 48.1 Å². The molecule has 0 spiro atoms. The van der Waals surface area contributed by atoms with Crippen LogP contribution in [0.2, 0.25) is 12.1 Å². The molecule has 0 saturated heterocycles. The summed E-state index contributed by atoms with van der Waals surface area (Å²) in [6.45, 7) is 17.7. The first-order valence-corrected chi connectivity index (χ1v) is 22.4. The maximum atomic E-state index is 2.35. The molecule has 0 aliphatic carbocycles. The van der Waals surface area contributed by atoms with E-state index in [9.17, 15) is 0 Å². The Morgan fingerprint density at radius 3 is 1.34 bits per heavy atom. The smallest absolute Gasteiger partial charge is 0.0279 e. The summed E-state index contributed by atoms with van der Waals surface area (Å²) in [5.74, 6) is 0. The summed E-state index contributed by atoms with van der Waals surface area (Å²) in [7, 11) is 0. The van der Waals surface area contributed by atoms with E-state index in [1.807, 2.05) is 0 Å². The predicted octanol–water partition coefficient (Wildman–Crippen LogP) is 6.64. The Morgan fingerprint density at radius 2 is 0.957 bits per heavy atom. The summed E-state index contributed by atoms with van der Waals surface area (Å²) < 4.78 is 0. The van der Waals surface area contributed by atoms with E-state index in [1.165, 1.54) is 89.3 Å². The van der Waals surface area contributed by atoms with Crippen molar-refractivity contribution in [3.8, 4) is 22.3 Å². The van der Waals surface area contributed by atoms with Gasteiger partial charge in [-0.2, -0.15) is 12.1 Å². The van der Waals surface area contributed by atoms with Crippen LogP contribution in [0, 0.1) is 20.8 Å². The quantitative estimate of drug-likeness (QED) is 0.127. The normalized spacial score (nSPS) is 10.3. The molecule has 0 aromatic heterocycles. The van der Waals surface area contributed by atoms with Crippen molar-refractivity contribution in [2.24, 2.45) is 0 Å². The molecule has 0 nitrogen and oxygen atoms in total. The third-order valence-electron chi connectivity index (χ3n) is 8.75. The molecule has 0 aliphatic heterocycles. The maximum Gasteiger partial charge on any atom is -0.0279 e. The van der Waals surface area contributed by atoms with E-state index in [1.54, 1.807) is 23.3 Å².